The summed E-state index contributed by atoms with van der Waals surface area (Å²) in [6.07, 6.45) is 0.414. The van der Waals surface area contributed by atoms with Crippen LogP contribution in [0.3, 0.4) is 0 Å². The Morgan fingerprint density at radius 2 is 2.13 bits per heavy atom. The fraction of sp³-hybridized carbons (Fsp3) is 0.571. The van der Waals surface area contributed by atoms with Gasteiger partial charge in [0.1, 0.15) is 11.7 Å². The van der Waals surface area contributed by atoms with Crippen LogP contribution in [0.25, 0.3) is 0 Å². The maximum atomic E-state index is 12.7. The quantitative estimate of drug-likeness (QED) is 0.726. The molecular weight excluding hydrogens is 302 g/mol. The summed E-state index contributed by atoms with van der Waals surface area (Å²) in [4.78, 5) is 34.3. The molecule has 9 nitrogen and oxygen atoms in total. The second-order valence-electron chi connectivity index (χ2n) is 5.15. The molecule has 1 saturated heterocycles. The SMILES string of the molecule is CCNC(=O)[C@@H]1C[C@H](N)CN1C(=O)c1cc(OC)nc(OC)n1. The number of nitrogens with two attached hydrogens (primary N) is 1. The second-order valence-corrected chi connectivity index (χ2v) is 5.15. The fourth-order valence-electron chi connectivity index (χ4n) is 2.49. The van der Waals surface area contributed by atoms with Crippen molar-refractivity contribution in [2.75, 3.05) is 27.3 Å². The minimum atomic E-state index is -0.607. The Bertz CT molecular complexity index is 572. The summed E-state index contributed by atoms with van der Waals surface area (Å²) in [5.41, 5.74) is 6.02. The number of likely N-dealkylation sites (N-methyl/N-ethyl adjacent to an activating group) is 1. The van der Waals surface area contributed by atoms with E-state index >= 15 is 0 Å². The van der Waals surface area contributed by atoms with Crippen LogP contribution in [0.15, 0.2) is 6.07 Å². The van der Waals surface area contributed by atoms with E-state index in [-0.39, 0.29) is 36.1 Å². The average Bonchev–Trinajstić information content (AvgIpc) is 2.95. The van der Waals surface area contributed by atoms with E-state index < -0.39 is 11.9 Å². The van der Waals surface area contributed by atoms with Gasteiger partial charge in [0.05, 0.1) is 14.2 Å². The molecule has 0 radical (unpaired) electrons. The maximum absolute atomic E-state index is 12.7. The van der Waals surface area contributed by atoms with Crippen LogP contribution < -0.4 is 20.5 Å². The molecule has 0 aliphatic carbocycles. The molecule has 1 aromatic heterocycles. The van der Waals surface area contributed by atoms with Crippen LogP contribution in [-0.4, -0.2) is 66.1 Å². The van der Waals surface area contributed by atoms with Crippen LogP contribution >= 0.6 is 0 Å². The van der Waals surface area contributed by atoms with Crippen molar-refractivity contribution in [3.63, 3.8) is 0 Å². The van der Waals surface area contributed by atoms with Gasteiger partial charge in [-0.15, -0.1) is 0 Å². The third-order valence-electron chi connectivity index (χ3n) is 3.54. The average molecular weight is 323 g/mol. The molecule has 3 N–H and O–H groups in total. The standard InChI is InChI=1S/C14H21N5O4/c1-4-16-12(20)10-5-8(15)7-19(10)13(21)9-6-11(22-2)18-14(17-9)23-3/h6,8,10H,4-5,7,15H2,1-3H3,(H,16,20)/t8-,10-/m0/s1. The van der Waals surface area contributed by atoms with Crippen molar-refractivity contribution in [1.29, 1.82) is 0 Å². The molecule has 0 bridgehead atoms. The summed E-state index contributed by atoms with van der Waals surface area (Å²) in [5, 5.41) is 2.72. The number of nitrogens with one attached hydrogen (secondary N) is 1. The Hall–Kier alpha value is -2.42. The number of methoxy groups -OCH3 is 2. The van der Waals surface area contributed by atoms with Crippen molar-refractivity contribution in [2.24, 2.45) is 5.73 Å². The van der Waals surface area contributed by atoms with Gasteiger partial charge in [-0.3, -0.25) is 9.59 Å². The summed E-state index contributed by atoms with van der Waals surface area (Å²) < 4.78 is 10.0. The Kier molecular flexibility index (Phi) is 5.32. The molecule has 9 heteroatoms. The van der Waals surface area contributed by atoms with Gasteiger partial charge in [0, 0.05) is 25.2 Å². The molecule has 2 rings (SSSR count). The smallest absolute Gasteiger partial charge is 0.320 e. The molecular formula is C14H21N5O4. The Morgan fingerprint density at radius 3 is 2.74 bits per heavy atom. The van der Waals surface area contributed by atoms with E-state index in [2.05, 4.69) is 15.3 Å². The number of ether oxygens (including phenoxy) is 2. The zero-order chi connectivity index (χ0) is 17.0. The highest BCUT2D eigenvalue weighted by molar-refractivity contribution is 5.97. The Balaban J connectivity index is 2.29. The first kappa shape index (κ1) is 16.9. The van der Waals surface area contributed by atoms with Gasteiger partial charge in [-0.2, -0.15) is 9.97 Å². The van der Waals surface area contributed by atoms with E-state index in [1.54, 1.807) is 0 Å². The minimum absolute atomic E-state index is 0.0192. The van der Waals surface area contributed by atoms with Crippen molar-refractivity contribution >= 4 is 11.8 Å². The first-order chi connectivity index (χ1) is 11.0. The molecule has 2 atom stereocenters. The number of carbonyl (C=O) groups excluding carboxylic acids is 2. The number of hydrogen-bond donors (Lipinski definition) is 2. The van der Waals surface area contributed by atoms with Crippen LogP contribution in [-0.2, 0) is 4.79 Å². The van der Waals surface area contributed by atoms with Crippen molar-refractivity contribution in [1.82, 2.24) is 20.2 Å². The van der Waals surface area contributed by atoms with E-state index in [0.717, 1.165) is 0 Å². The molecule has 1 fully saturated rings. The van der Waals surface area contributed by atoms with Gasteiger partial charge in [0.2, 0.25) is 11.8 Å². The molecule has 0 spiro atoms. The van der Waals surface area contributed by atoms with Crippen molar-refractivity contribution in [2.45, 2.75) is 25.4 Å². The van der Waals surface area contributed by atoms with Gasteiger partial charge in [0.15, 0.2) is 0 Å². The van der Waals surface area contributed by atoms with E-state index in [9.17, 15) is 9.59 Å². The first-order valence-electron chi connectivity index (χ1n) is 7.31. The van der Waals surface area contributed by atoms with Gasteiger partial charge < -0.3 is 25.4 Å². The van der Waals surface area contributed by atoms with Gasteiger partial charge in [0.25, 0.3) is 5.91 Å². The zero-order valence-electron chi connectivity index (χ0n) is 13.4. The van der Waals surface area contributed by atoms with E-state index in [0.29, 0.717) is 13.0 Å². The van der Waals surface area contributed by atoms with Crippen LogP contribution in [0.2, 0.25) is 0 Å². The predicted octanol–water partition coefficient (Wildman–Crippen LogP) is -0.828. The number of amides is 2. The normalized spacial score (nSPS) is 20.3. The lowest BCUT2D eigenvalue weighted by molar-refractivity contribution is -0.124. The Morgan fingerprint density at radius 1 is 1.39 bits per heavy atom. The molecule has 23 heavy (non-hydrogen) atoms. The summed E-state index contributed by atoms with van der Waals surface area (Å²) in [6.45, 7) is 2.59. The largest absolute Gasteiger partial charge is 0.481 e. The highest BCUT2D eigenvalue weighted by Crippen LogP contribution is 2.21. The predicted molar refractivity (Wildman–Crippen MR) is 81.2 cm³/mol. The third-order valence-corrected chi connectivity index (χ3v) is 3.54. The van der Waals surface area contributed by atoms with Gasteiger partial charge in [-0.05, 0) is 13.3 Å². The van der Waals surface area contributed by atoms with Gasteiger partial charge >= 0.3 is 6.01 Å². The van der Waals surface area contributed by atoms with Crippen molar-refractivity contribution < 1.29 is 19.1 Å². The van der Waals surface area contributed by atoms with Crippen LogP contribution in [0.1, 0.15) is 23.8 Å². The van der Waals surface area contributed by atoms with Crippen molar-refractivity contribution in [3.05, 3.63) is 11.8 Å². The monoisotopic (exact) mass is 323 g/mol. The number of hydrogen-bond acceptors (Lipinski definition) is 7. The lowest BCUT2D eigenvalue weighted by Gasteiger charge is -2.23. The van der Waals surface area contributed by atoms with E-state index in [1.165, 1.54) is 25.2 Å². The molecule has 0 unspecified atom stereocenters. The third kappa shape index (κ3) is 3.67. The summed E-state index contributed by atoms with van der Waals surface area (Å²) in [6, 6.07) is 0.566. The number of aromatic nitrogens is 2. The molecule has 0 saturated carbocycles. The van der Waals surface area contributed by atoms with Crippen LogP contribution in [0.5, 0.6) is 11.9 Å². The molecule has 126 valence electrons. The maximum Gasteiger partial charge on any atom is 0.320 e. The highest BCUT2D eigenvalue weighted by Gasteiger charge is 2.39. The number of carbonyl (C=O) groups is 2. The second kappa shape index (κ2) is 7.23. The zero-order valence-corrected chi connectivity index (χ0v) is 13.4. The first-order valence-corrected chi connectivity index (χ1v) is 7.31. The van der Waals surface area contributed by atoms with Crippen molar-refractivity contribution in [3.8, 4) is 11.9 Å². The molecule has 0 aromatic carbocycles. The lowest BCUT2D eigenvalue weighted by atomic mass is 10.1. The van der Waals surface area contributed by atoms with E-state index in [1.807, 2.05) is 6.92 Å². The Labute approximate surface area is 134 Å². The number of rotatable bonds is 5. The van der Waals surface area contributed by atoms with Crippen LogP contribution in [0, 0.1) is 0 Å². The minimum Gasteiger partial charge on any atom is -0.481 e. The number of likely N-dealkylation sites (tertiary alicyclic amines) is 1. The molecule has 1 aliphatic heterocycles. The molecule has 1 aliphatic rings. The summed E-state index contributed by atoms with van der Waals surface area (Å²) >= 11 is 0. The summed E-state index contributed by atoms with van der Waals surface area (Å²) in [5.74, 6) is -0.423. The molecule has 2 heterocycles. The lowest BCUT2D eigenvalue weighted by Crippen LogP contribution is -2.46. The van der Waals surface area contributed by atoms with Gasteiger partial charge in [-0.25, -0.2) is 0 Å². The fourth-order valence-corrected chi connectivity index (χ4v) is 2.49. The summed E-state index contributed by atoms with van der Waals surface area (Å²) in [7, 11) is 2.82. The topological polar surface area (TPSA) is 120 Å². The number of nitrogens with zero attached hydrogens (tertiary/aromatic N) is 3. The highest BCUT2D eigenvalue weighted by atomic mass is 16.5. The van der Waals surface area contributed by atoms with Gasteiger partial charge in [-0.1, -0.05) is 0 Å². The van der Waals surface area contributed by atoms with E-state index in [4.69, 9.17) is 15.2 Å². The van der Waals surface area contributed by atoms with Crippen LogP contribution in [0.4, 0.5) is 0 Å². The molecule has 1 aromatic rings. The molecule has 2 amide bonds.